The number of carbonyl (C=O) groups is 1. The molecule has 0 aliphatic carbocycles. The average molecular weight is 199 g/mol. The first kappa shape index (κ1) is 13.2. The number of ether oxygens (including phenoxy) is 1. The van der Waals surface area contributed by atoms with E-state index >= 15 is 0 Å². The van der Waals surface area contributed by atoms with Gasteiger partial charge in [-0.15, -0.1) is 0 Å². The monoisotopic (exact) mass is 199 g/mol. The van der Waals surface area contributed by atoms with Gasteiger partial charge >= 0.3 is 5.97 Å². The smallest absolute Gasteiger partial charge is 0.311 e. The minimum atomic E-state index is -0.405. The third-order valence-corrected chi connectivity index (χ3v) is 2.14. The van der Waals surface area contributed by atoms with Crippen molar-refractivity contribution in [1.29, 1.82) is 0 Å². The van der Waals surface area contributed by atoms with Crippen molar-refractivity contribution in [3.8, 4) is 0 Å². The normalized spacial score (nSPS) is 11.1. The Kier molecular flexibility index (Phi) is 6.21. The Hall–Kier alpha value is -0.830. The van der Waals surface area contributed by atoms with Crippen LogP contribution in [0.5, 0.6) is 0 Å². The molecule has 2 N–H and O–H groups in total. The summed E-state index contributed by atoms with van der Waals surface area (Å²) in [4.78, 5) is 11.5. The largest absolute Gasteiger partial charge is 0.461 e. The highest BCUT2D eigenvalue weighted by Gasteiger charge is 2.28. The molecule has 3 heteroatoms. The molecule has 0 fully saturated rings. The van der Waals surface area contributed by atoms with Crippen molar-refractivity contribution in [3.05, 3.63) is 12.7 Å². The first-order valence-electron chi connectivity index (χ1n) is 5.03. The van der Waals surface area contributed by atoms with Gasteiger partial charge in [-0.05, 0) is 33.2 Å². The lowest BCUT2D eigenvalue weighted by atomic mass is 9.87. The fraction of sp³-hybridized carbons (Fsp3) is 0.727. The van der Waals surface area contributed by atoms with Crippen LogP contribution in [0.2, 0.25) is 0 Å². The van der Waals surface area contributed by atoms with Crippen molar-refractivity contribution < 1.29 is 9.53 Å². The molecule has 0 amide bonds. The van der Waals surface area contributed by atoms with Gasteiger partial charge in [-0.25, -0.2) is 0 Å². The molecule has 0 aliphatic rings. The minimum Gasteiger partial charge on any atom is -0.461 e. The summed E-state index contributed by atoms with van der Waals surface area (Å²) in [7, 11) is 0. The quantitative estimate of drug-likeness (QED) is 0.387. The zero-order valence-electron chi connectivity index (χ0n) is 9.21. The van der Waals surface area contributed by atoms with Crippen molar-refractivity contribution in [1.82, 2.24) is 0 Å². The highest BCUT2D eigenvalue weighted by molar-refractivity contribution is 5.75. The Morgan fingerprint density at radius 3 is 2.64 bits per heavy atom. The number of carbonyl (C=O) groups excluding carboxylic acids is 1. The molecule has 0 bridgehead atoms. The van der Waals surface area contributed by atoms with Gasteiger partial charge in [-0.1, -0.05) is 19.1 Å². The molecule has 0 saturated carbocycles. The number of nitrogens with two attached hydrogens (primary N) is 1. The van der Waals surface area contributed by atoms with Crippen LogP contribution in [0.3, 0.4) is 0 Å². The van der Waals surface area contributed by atoms with Crippen molar-refractivity contribution >= 4 is 5.97 Å². The first-order valence-corrected chi connectivity index (χ1v) is 5.03. The predicted molar refractivity (Wildman–Crippen MR) is 57.8 cm³/mol. The van der Waals surface area contributed by atoms with Crippen LogP contribution in [-0.2, 0) is 9.53 Å². The van der Waals surface area contributed by atoms with Gasteiger partial charge in [0, 0.05) is 0 Å². The number of unbranched alkanes of at least 4 members (excludes halogenated alkanes) is 1. The maximum atomic E-state index is 11.5. The number of hydrogen-bond donors (Lipinski definition) is 1. The molecular formula is C11H21NO2. The molecule has 0 rings (SSSR count). The molecule has 0 aromatic carbocycles. The van der Waals surface area contributed by atoms with E-state index in [9.17, 15) is 4.79 Å². The summed E-state index contributed by atoms with van der Waals surface area (Å²) in [6, 6.07) is 0. The second kappa shape index (κ2) is 6.60. The maximum Gasteiger partial charge on any atom is 0.311 e. The third kappa shape index (κ3) is 5.02. The lowest BCUT2D eigenvalue weighted by Crippen LogP contribution is -2.26. The van der Waals surface area contributed by atoms with Gasteiger partial charge in [0.15, 0.2) is 0 Å². The average Bonchev–Trinajstić information content (AvgIpc) is 2.14. The van der Waals surface area contributed by atoms with Crippen LogP contribution in [0, 0.1) is 5.41 Å². The maximum absolute atomic E-state index is 11.5. The van der Waals surface area contributed by atoms with Gasteiger partial charge < -0.3 is 10.5 Å². The van der Waals surface area contributed by atoms with E-state index in [4.69, 9.17) is 10.5 Å². The Bertz CT molecular complexity index is 188. The van der Waals surface area contributed by atoms with Gasteiger partial charge in [0.2, 0.25) is 0 Å². The molecule has 0 atom stereocenters. The van der Waals surface area contributed by atoms with E-state index in [1.807, 2.05) is 13.8 Å². The fourth-order valence-corrected chi connectivity index (χ4v) is 1.14. The topological polar surface area (TPSA) is 52.3 Å². The van der Waals surface area contributed by atoms with Crippen molar-refractivity contribution in [3.63, 3.8) is 0 Å². The van der Waals surface area contributed by atoms with Crippen LogP contribution in [0.4, 0.5) is 0 Å². The van der Waals surface area contributed by atoms with Crippen LogP contribution in [0.25, 0.3) is 0 Å². The molecule has 82 valence electrons. The lowest BCUT2D eigenvalue weighted by Gasteiger charge is -2.21. The highest BCUT2D eigenvalue weighted by atomic mass is 16.5. The van der Waals surface area contributed by atoms with Crippen molar-refractivity contribution in [2.75, 3.05) is 13.2 Å². The van der Waals surface area contributed by atoms with E-state index in [2.05, 4.69) is 6.58 Å². The zero-order valence-corrected chi connectivity index (χ0v) is 9.21. The molecule has 3 nitrogen and oxygen atoms in total. The predicted octanol–water partition coefficient (Wildman–Crippen LogP) is 1.87. The summed E-state index contributed by atoms with van der Waals surface area (Å²) in [6.45, 7) is 8.26. The molecule has 14 heavy (non-hydrogen) atoms. The summed E-state index contributed by atoms with van der Waals surface area (Å²) < 4.78 is 5.00. The van der Waals surface area contributed by atoms with Crippen molar-refractivity contribution in [2.24, 2.45) is 11.1 Å². The molecule has 0 aromatic rings. The summed E-state index contributed by atoms with van der Waals surface area (Å²) in [5.41, 5.74) is 4.98. The van der Waals surface area contributed by atoms with Crippen LogP contribution >= 0.6 is 0 Å². The Morgan fingerprint density at radius 2 is 2.14 bits per heavy atom. The first-order chi connectivity index (χ1) is 6.54. The molecule has 0 radical (unpaired) electrons. The van der Waals surface area contributed by atoms with Crippen LogP contribution in [-0.4, -0.2) is 19.1 Å². The van der Waals surface area contributed by atoms with Crippen LogP contribution < -0.4 is 5.73 Å². The Labute approximate surface area is 86.3 Å². The number of esters is 1. The minimum absolute atomic E-state index is 0.158. The summed E-state index contributed by atoms with van der Waals surface area (Å²) in [5.74, 6) is -0.158. The van der Waals surface area contributed by atoms with E-state index in [-0.39, 0.29) is 5.97 Å². The van der Waals surface area contributed by atoms with Gasteiger partial charge in [0.25, 0.3) is 0 Å². The summed E-state index contributed by atoms with van der Waals surface area (Å²) >= 11 is 0. The van der Waals surface area contributed by atoms with E-state index < -0.39 is 5.41 Å². The molecule has 0 saturated heterocycles. The van der Waals surface area contributed by atoms with E-state index in [0.29, 0.717) is 13.2 Å². The Balaban J connectivity index is 3.89. The van der Waals surface area contributed by atoms with E-state index in [1.54, 1.807) is 6.08 Å². The molecule has 0 spiro atoms. The second-order valence-corrected chi connectivity index (χ2v) is 4.02. The lowest BCUT2D eigenvalue weighted by molar-refractivity contribution is -0.153. The second-order valence-electron chi connectivity index (χ2n) is 4.02. The molecule has 0 heterocycles. The fourth-order valence-electron chi connectivity index (χ4n) is 1.14. The van der Waals surface area contributed by atoms with Crippen molar-refractivity contribution in [2.45, 2.75) is 33.1 Å². The van der Waals surface area contributed by atoms with Gasteiger partial charge in [-0.3, -0.25) is 4.79 Å². The standard InChI is InChI=1S/C11H21NO2/c1-4-9-14-10(13)11(2,3)7-5-6-8-12/h4H,1,5-9,12H2,2-3H3. The molecule has 0 aliphatic heterocycles. The van der Waals surface area contributed by atoms with Gasteiger partial charge in [0.1, 0.15) is 6.61 Å². The number of hydrogen-bond acceptors (Lipinski definition) is 3. The number of rotatable bonds is 7. The summed E-state index contributed by atoms with van der Waals surface area (Å²) in [5, 5.41) is 0. The van der Waals surface area contributed by atoms with E-state index in [0.717, 1.165) is 19.3 Å². The highest BCUT2D eigenvalue weighted by Crippen LogP contribution is 2.24. The van der Waals surface area contributed by atoms with Crippen LogP contribution in [0.1, 0.15) is 33.1 Å². The van der Waals surface area contributed by atoms with E-state index in [1.165, 1.54) is 0 Å². The Morgan fingerprint density at radius 1 is 1.50 bits per heavy atom. The zero-order chi connectivity index (χ0) is 11.0. The third-order valence-electron chi connectivity index (χ3n) is 2.14. The molecule has 0 unspecified atom stereocenters. The SMILES string of the molecule is C=CCOC(=O)C(C)(C)CCCCN. The van der Waals surface area contributed by atoms with Crippen LogP contribution in [0.15, 0.2) is 12.7 Å². The van der Waals surface area contributed by atoms with Gasteiger partial charge in [0.05, 0.1) is 5.41 Å². The molecular weight excluding hydrogens is 178 g/mol. The molecule has 0 aromatic heterocycles. The van der Waals surface area contributed by atoms with Gasteiger partial charge in [-0.2, -0.15) is 0 Å². The summed E-state index contributed by atoms with van der Waals surface area (Å²) in [6.07, 6.45) is 4.32.